The monoisotopic (exact) mass is 457 g/mol. The van der Waals surface area contributed by atoms with Crippen LogP contribution in [0.15, 0.2) is 59.5 Å². The molecule has 3 rings (SSSR count). The number of benzene rings is 2. The van der Waals surface area contributed by atoms with E-state index >= 15 is 0 Å². The number of non-ortho nitro benzene ring substituents is 1. The molecular formula is C23H27N3O5S. The van der Waals surface area contributed by atoms with Gasteiger partial charge in [-0.2, -0.15) is 0 Å². The second-order valence-corrected chi connectivity index (χ2v) is 9.54. The zero-order valence-corrected chi connectivity index (χ0v) is 18.8. The van der Waals surface area contributed by atoms with Crippen LogP contribution in [-0.4, -0.2) is 32.3 Å². The Kier molecular flexibility index (Phi) is 7.76. The fraction of sp³-hybridized carbons (Fsp3) is 0.348. The van der Waals surface area contributed by atoms with Crippen molar-refractivity contribution in [2.45, 2.75) is 49.5 Å². The van der Waals surface area contributed by atoms with Crippen LogP contribution in [0.1, 0.15) is 44.1 Å². The van der Waals surface area contributed by atoms with Gasteiger partial charge in [0.2, 0.25) is 10.0 Å². The highest BCUT2D eigenvalue weighted by atomic mass is 32.2. The van der Waals surface area contributed by atoms with Gasteiger partial charge in [0.15, 0.2) is 0 Å². The molecule has 9 heteroatoms. The molecule has 1 saturated carbocycles. The van der Waals surface area contributed by atoms with Gasteiger partial charge in [-0.25, -0.2) is 13.1 Å². The van der Waals surface area contributed by atoms with Crippen LogP contribution < -0.4 is 9.62 Å². The lowest BCUT2D eigenvalue weighted by Crippen LogP contribution is -2.36. The number of nitrogens with zero attached hydrogens (tertiary/aromatic N) is 2. The topological polar surface area (TPSA) is 110 Å². The van der Waals surface area contributed by atoms with E-state index in [0.717, 1.165) is 38.5 Å². The molecule has 1 fully saturated rings. The Labute approximate surface area is 188 Å². The van der Waals surface area contributed by atoms with Crippen LogP contribution in [-0.2, 0) is 14.8 Å². The van der Waals surface area contributed by atoms with Crippen molar-refractivity contribution in [3.8, 4) is 0 Å². The Morgan fingerprint density at radius 2 is 1.69 bits per heavy atom. The largest absolute Gasteiger partial charge is 0.311 e. The molecule has 1 aliphatic rings. The van der Waals surface area contributed by atoms with E-state index in [-0.39, 0.29) is 22.3 Å². The summed E-state index contributed by atoms with van der Waals surface area (Å²) in [6.45, 7) is 0. The Morgan fingerprint density at radius 1 is 1.06 bits per heavy atom. The number of likely N-dealkylation sites (N-methyl/N-ethyl adjacent to an activating group) is 1. The van der Waals surface area contributed by atoms with Crippen LogP contribution in [0.3, 0.4) is 0 Å². The average molecular weight is 458 g/mol. The van der Waals surface area contributed by atoms with Gasteiger partial charge in [-0.15, -0.1) is 0 Å². The molecule has 0 atom stereocenters. The molecule has 0 heterocycles. The molecule has 0 aromatic heterocycles. The number of rotatable bonds is 7. The second kappa shape index (κ2) is 10.5. The van der Waals surface area contributed by atoms with Crippen LogP contribution >= 0.6 is 0 Å². The van der Waals surface area contributed by atoms with E-state index in [4.69, 9.17) is 0 Å². The molecule has 0 unspecified atom stereocenters. The minimum absolute atomic E-state index is 0.0362. The molecule has 1 aliphatic carbocycles. The quantitative estimate of drug-likeness (QED) is 0.289. The van der Waals surface area contributed by atoms with E-state index in [0.29, 0.717) is 5.56 Å². The van der Waals surface area contributed by atoms with Gasteiger partial charge in [-0.3, -0.25) is 14.9 Å². The highest BCUT2D eigenvalue weighted by molar-refractivity contribution is 7.89. The normalized spacial score (nSPS) is 15.4. The van der Waals surface area contributed by atoms with E-state index in [1.54, 1.807) is 18.2 Å². The minimum atomic E-state index is -3.80. The van der Waals surface area contributed by atoms with Gasteiger partial charge in [0.25, 0.3) is 11.6 Å². The fourth-order valence-corrected chi connectivity index (χ4v) is 5.29. The van der Waals surface area contributed by atoms with Gasteiger partial charge in [0.1, 0.15) is 4.90 Å². The van der Waals surface area contributed by atoms with Crippen LogP contribution in [0.5, 0.6) is 0 Å². The van der Waals surface area contributed by atoms with Gasteiger partial charge in [0.05, 0.1) is 10.6 Å². The van der Waals surface area contributed by atoms with Crippen molar-refractivity contribution in [3.63, 3.8) is 0 Å². The third-order valence-corrected chi connectivity index (χ3v) is 7.11. The fourth-order valence-electron chi connectivity index (χ4n) is 3.75. The van der Waals surface area contributed by atoms with E-state index < -0.39 is 20.9 Å². The smallest absolute Gasteiger partial charge is 0.269 e. The Bertz CT molecular complexity index is 1090. The maximum atomic E-state index is 13.1. The zero-order chi connectivity index (χ0) is 23.1. The Balaban J connectivity index is 1.77. The maximum absolute atomic E-state index is 13.1. The van der Waals surface area contributed by atoms with Crippen molar-refractivity contribution in [2.75, 3.05) is 11.9 Å². The lowest BCUT2D eigenvalue weighted by atomic mass is 10.1. The summed E-state index contributed by atoms with van der Waals surface area (Å²) in [5.41, 5.74) is 0.867. The van der Waals surface area contributed by atoms with E-state index in [9.17, 15) is 23.3 Å². The van der Waals surface area contributed by atoms with Crippen LogP contribution in [0.25, 0.3) is 6.08 Å². The number of nitrogens with one attached hydrogen (secondary N) is 1. The standard InChI is InChI=1S/C23H27N3O5S/c1-25(23(27)17-14-18-12-15-20(16-13-18)26(28)29)21-10-6-7-11-22(21)32(30,31)24-19-8-4-2-3-5-9-19/h6-7,10-17,19,24H,2-5,8-9H2,1H3. The molecule has 1 N–H and O–H groups in total. The van der Waals surface area contributed by atoms with Gasteiger partial charge < -0.3 is 4.90 Å². The van der Waals surface area contributed by atoms with Gasteiger partial charge in [-0.1, -0.05) is 37.8 Å². The van der Waals surface area contributed by atoms with Crippen molar-refractivity contribution in [3.05, 3.63) is 70.3 Å². The maximum Gasteiger partial charge on any atom is 0.269 e. The molecule has 1 amide bonds. The van der Waals surface area contributed by atoms with Crippen molar-refractivity contribution < 1.29 is 18.1 Å². The van der Waals surface area contributed by atoms with Crippen molar-refractivity contribution >= 4 is 33.4 Å². The highest BCUT2D eigenvalue weighted by Gasteiger charge is 2.25. The van der Waals surface area contributed by atoms with Crippen molar-refractivity contribution in [2.24, 2.45) is 0 Å². The number of amides is 1. The number of para-hydroxylation sites is 1. The summed E-state index contributed by atoms with van der Waals surface area (Å²) in [6.07, 6.45) is 8.71. The second-order valence-electron chi connectivity index (χ2n) is 7.86. The minimum Gasteiger partial charge on any atom is -0.311 e. The summed E-state index contributed by atoms with van der Waals surface area (Å²) < 4.78 is 29.0. The summed E-state index contributed by atoms with van der Waals surface area (Å²) in [4.78, 5) is 24.3. The molecule has 32 heavy (non-hydrogen) atoms. The molecule has 0 saturated heterocycles. The van der Waals surface area contributed by atoms with E-state index in [1.165, 1.54) is 54.4 Å². The Hall–Kier alpha value is -3.04. The summed E-state index contributed by atoms with van der Waals surface area (Å²) in [5.74, 6) is -0.416. The summed E-state index contributed by atoms with van der Waals surface area (Å²) >= 11 is 0. The molecule has 0 spiro atoms. The van der Waals surface area contributed by atoms with Crippen LogP contribution in [0.4, 0.5) is 11.4 Å². The van der Waals surface area contributed by atoms with Gasteiger partial charge >= 0.3 is 0 Å². The third kappa shape index (κ3) is 6.02. The summed E-state index contributed by atoms with van der Waals surface area (Å²) in [6, 6.07) is 12.1. The summed E-state index contributed by atoms with van der Waals surface area (Å²) in [7, 11) is -2.28. The predicted molar refractivity (Wildman–Crippen MR) is 124 cm³/mol. The molecule has 0 bridgehead atoms. The Morgan fingerprint density at radius 3 is 2.31 bits per heavy atom. The lowest BCUT2D eigenvalue weighted by Gasteiger charge is -2.22. The molecule has 2 aromatic rings. The molecule has 2 aromatic carbocycles. The van der Waals surface area contributed by atoms with Gasteiger partial charge in [-0.05, 0) is 48.7 Å². The average Bonchev–Trinajstić information content (AvgIpc) is 3.05. The number of carbonyl (C=O) groups is 1. The first-order chi connectivity index (χ1) is 15.3. The zero-order valence-electron chi connectivity index (χ0n) is 17.9. The molecule has 0 radical (unpaired) electrons. The van der Waals surface area contributed by atoms with E-state index in [1.807, 2.05) is 0 Å². The molecule has 8 nitrogen and oxygen atoms in total. The first-order valence-electron chi connectivity index (χ1n) is 10.6. The first-order valence-corrected chi connectivity index (χ1v) is 12.1. The number of hydrogen-bond donors (Lipinski definition) is 1. The number of carbonyl (C=O) groups excluding carboxylic acids is 1. The van der Waals surface area contributed by atoms with Crippen LogP contribution in [0, 0.1) is 10.1 Å². The number of hydrogen-bond acceptors (Lipinski definition) is 5. The first kappa shape index (κ1) is 23.6. The number of nitro groups is 1. The lowest BCUT2D eigenvalue weighted by molar-refractivity contribution is -0.384. The summed E-state index contributed by atoms with van der Waals surface area (Å²) in [5, 5.41) is 10.8. The number of nitro benzene ring substituents is 1. The third-order valence-electron chi connectivity index (χ3n) is 5.55. The van der Waals surface area contributed by atoms with E-state index in [2.05, 4.69) is 4.72 Å². The number of sulfonamides is 1. The van der Waals surface area contributed by atoms with Gasteiger partial charge in [0, 0.05) is 31.3 Å². The van der Waals surface area contributed by atoms with Crippen LogP contribution in [0.2, 0.25) is 0 Å². The van der Waals surface area contributed by atoms with Crippen molar-refractivity contribution in [1.29, 1.82) is 0 Å². The number of anilines is 1. The molecular weight excluding hydrogens is 430 g/mol. The highest BCUT2D eigenvalue weighted by Crippen LogP contribution is 2.26. The molecule has 170 valence electrons. The molecule has 0 aliphatic heterocycles. The SMILES string of the molecule is CN(C(=O)C=Cc1ccc([N+](=O)[O-])cc1)c1ccccc1S(=O)(=O)NC1CCCCCC1. The predicted octanol–water partition coefficient (Wildman–Crippen LogP) is 4.27. The van der Waals surface area contributed by atoms with Crippen molar-refractivity contribution in [1.82, 2.24) is 4.72 Å².